The molecule has 0 saturated carbocycles. The van der Waals surface area contributed by atoms with E-state index in [2.05, 4.69) is 4.72 Å². The van der Waals surface area contributed by atoms with Gasteiger partial charge in [0, 0.05) is 12.2 Å². The number of thioether (sulfide) groups is 1. The van der Waals surface area contributed by atoms with Gasteiger partial charge in [0.1, 0.15) is 0 Å². The number of nitrogens with two attached hydrogens (primary N) is 1. The van der Waals surface area contributed by atoms with Crippen LogP contribution in [-0.4, -0.2) is 27.0 Å². The molecule has 96 valence electrons. The SMILES string of the molecule is CSCC(C)CNS(=O)(=O)c1ccc(N)cc1. The van der Waals surface area contributed by atoms with Crippen molar-refractivity contribution < 1.29 is 8.42 Å². The summed E-state index contributed by atoms with van der Waals surface area (Å²) in [4.78, 5) is 0.253. The molecular weight excluding hydrogens is 256 g/mol. The van der Waals surface area contributed by atoms with Gasteiger partial charge in [0.15, 0.2) is 0 Å². The quantitative estimate of drug-likeness (QED) is 0.772. The van der Waals surface area contributed by atoms with Gasteiger partial charge in [-0.2, -0.15) is 11.8 Å². The summed E-state index contributed by atoms with van der Waals surface area (Å²) < 4.78 is 26.4. The predicted molar refractivity (Wildman–Crippen MR) is 73.6 cm³/mol. The molecule has 17 heavy (non-hydrogen) atoms. The van der Waals surface area contributed by atoms with Gasteiger partial charge in [-0.3, -0.25) is 0 Å². The Morgan fingerprint density at radius 1 is 1.35 bits per heavy atom. The lowest BCUT2D eigenvalue weighted by Crippen LogP contribution is -2.29. The first-order chi connectivity index (χ1) is 7.95. The maximum absolute atomic E-state index is 11.9. The second-order valence-corrected chi connectivity index (χ2v) is 6.66. The van der Waals surface area contributed by atoms with Crippen molar-refractivity contribution in [1.29, 1.82) is 0 Å². The van der Waals surface area contributed by atoms with Crippen LogP contribution in [0.4, 0.5) is 5.69 Å². The number of hydrogen-bond acceptors (Lipinski definition) is 4. The number of nitrogen functional groups attached to an aromatic ring is 1. The topological polar surface area (TPSA) is 72.2 Å². The van der Waals surface area contributed by atoms with Crippen LogP contribution >= 0.6 is 11.8 Å². The second-order valence-electron chi connectivity index (χ2n) is 3.98. The van der Waals surface area contributed by atoms with Crippen LogP contribution in [0.1, 0.15) is 6.92 Å². The molecule has 0 spiro atoms. The number of sulfonamides is 1. The Bertz CT molecular complexity index is 443. The molecule has 1 atom stereocenters. The van der Waals surface area contributed by atoms with E-state index in [4.69, 9.17) is 5.73 Å². The van der Waals surface area contributed by atoms with Gasteiger partial charge in [-0.05, 0) is 42.2 Å². The Morgan fingerprint density at radius 3 is 2.47 bits per heavy atom. The molecule has 0 heterocycles. The Kier molecular flexibility index (Phi) is 5.30. The lowest BCUT2D eigenvalue weighted by molar-refractivity contribution is 0.562. The van der Waals surface area contributed by atoms with Crippen LogP contribution in [0, 0.1) is 5.92 Å². The van der Waals surface area contributed by atoms with E-state index in [0.29, 0.717) is 18.2 Å². The van der Waals surface area contributed by atoms with Crippen molar-refractivity contribution >= 4 is 27.5 Å². The summed E-state index contributed by atoms with van der Waals surface area (Å²) in [6, 6.07) is 6.19. The summed E-state index contributed by atoms with van der Waals surface area (Å²) in [6.07, 6.45) is 2.00. The molecule has 1 rings (SSSR count). The highest BCUT2D eigenvalue weighted by Crippen LogP contribution is 2.12. The van der Waals surface area contributed by atoms with E-state index >= 15 is 0 Å². The van der Waals surface area contributed by atoms with Gasteiger partial charge in [0.05, 0.1) is 4.90 Å². The highest BCUT2D eigenvalue weighted by atomic mass is 32.2. The van der Waals surface area contributed by atoms with E-state index in [0.717, 1.165) is 5.75 Å². The standard InChI is InChI=1S/C11H18N2O2S2/c1-9(8-16-2)7-13-17(14,15)11-5-3-10(12)4-6-11/h3-6,9,13H,7-8,12H2,1-2H3. The molecule has 0 aliphatic heterocycles. The third-order valence-electron chi connectivity index (χ3n) is 2.26. The lowest BCUT2D eigenvalue weighted by atomic mass is 10.2. The van der Waals surface area contributed by atoms with Crippen molar-refractivity contribution in [2.75, 3.05) is 24.3 Å². The molecule has 4 nitrogen and oxygen atoms in total. The number of benzene rings is 1. The molecule has 0 aliphatic carbocycles. The molecule has 1 aromatic rings. The Balaban J connectivity index is 2.66. The normalized spacial score (nSPS) is 13.5. The smallest absolute Gasteiger partial charge is 0.240 e. The van der Waals surface area contributed by atoms with Crippen molar-refractivity contribution in [3.8, 4) is 0 Å². The predicted octanol–water partition coefficient (Wildman–Crippen LogP) is 1.55. The zero-order valence-electron chi connectivity index (χ0n) is 10.0. The summed E-state index contributed by atoms with van der Waals surface area (Å²) in [5.74, 6) is 1.25. The third kappa shape index (κ3) is 4.57. The van der Waals surface area contributed by atoms with Crippen LogP contribution in [0.3, 0.4) is 0 Å². The average Bonchev–Trinajstić information content (AvgIpc) is 2.28. The largest absolute Gasteiger partial charge is 0.399 e. The summed E-state index contributed by atoms with van der Waals surface area (Å²) in [6.45, 7) is 2.47. The molecule has 0 amide bonds. The fourth-order valence-electron chi connectivity index (χ4n) is 1.33. The molecule has 0 fully saturated rings. The molecule has 6 heteroatoms. The minimum atomic E-state index is -3.41. The Hall–Kier alpha value is -0.720. The minimum Gasteiger partial charge on any atom is -0.399 e. The van der Waals surface area contributed by atoms with E-state index in [9.17, 15) is 8.42 Å². The molecule has 1 unspecified atom stereocenters. The van der Waals surface area contributed by atoms with Gasteiger partial charge in [0.2, 0.25) is 10.0 Å². The molecule has 3 N–H and O–H groups in total. The third-order valence-corrected chi connectivity index (χ3v) is 4.61. The van der Waals surface area contributed by atoms with E-state index in [1.807, 2.05) is 13.2 Å². The molecule has 0 bridgehead atoms. The van der Waals surface area contributed by atoms with Gasteiger partial charge >= 0.3 is 0 Å². The first-order valence-corrected chi connectivity index (χ1v) is 8.17. The van der Waals surface area contributed by atoms with Crippen LogP contribution in [0.2, 0.25) is 0 Å². The fourth-order valence-corrected chi connectivity index (χ4v) is 3.18. The maximum Gasteiger partial charge on any atom is 0.240 e. The highest BCUT2D eigenvalue weighted by molar-refractivity contribution is 7.98. The Labute approximate surface area is 107 Å². The number of anilines is 1. The molecule has 0 aromatic heterocycles. The first-order valence-electron chi connectivity index (χ1n) is 5.30. The van der Waals surface area contributed by atoms with Crippen molar-refractivity contribution in [3.05, 3.63) is 24.3 Å². The molecule has 0 aliphatic rings. The first kappa shape index (κ1) is 14.3. The van der Waals surface area contributed by atoms with E-state index < -0.39 is 10.0 Å². The Morgan fingerprint density at radius 2 is 1.94 bits per heavy atom. The minimum absolute atomic E-state index is 0.253. The molecular formula is C11H18N2O2S2. The van der Waals surface area contributed by atoms with Crippen LogP contribution in [0.25, 0.3) is 0 Å². The number of hydrogen-bond donors (Lipinski definition) is 2. The van der Waals surface area contributed by atoms with Gasteiger partial charge < -0.3 is 5.73 Å². The van der Waals surface area contributed by atoms with Crippen molar-refractivity contribution in [3.63, 3.8) is 0 Å². The van der Waals surface area contributed by atoms with Crippen molar-refractivity contribution in [2.45, 2.75) is 11.8 Å². The zero-order valence-corrected chi connectivity index (χ0v) is 11.6. The van der Waals surface area contributed by atoms with Crippen molar-refractivity contribution in [2.24, 2.45) is 5.92 Å². The van der Waals surface area contributed by atoms with Crippen LogP contribution in [-0.2, 0) is 10.0 Å². The molecule has 0 radical (unpaired) electrons. The van der Waals surface area contributed by atoms with Gasteiger partial charge in [-0.15, -0.1) is 0 Å². The highest BCUT2D eigenvalue weighted by Gasteiger charge is 2.14. The van der Waals surface area contributed by atoms with E-state index in [-0.39, 0.29) is 4.90 Å². The van der Waals surface area contributed by atoms with Crippen molar-refractivity contribution in [1.82, 2.24) is 4.72 Å². The number of rotatable bonds is 6. The summed E-state index contributed by atoms with van der Waals surface area (Å²) in [7, 11) is -3.41. The maximum atomic E-state index is 11.9. The van der Waals surface area contributed by atoms with Crippen LogP contribution < -0.4 is 10.5 Å². The summed E-state index contributed by atoms with van der Waals surface area (Å²) in [5, 5.41) is 0. The van der Waals surface area contributed by atoms with Crippen LogP contribution in [0.5, 0.6) is 0 Å². The van der Waals surface area contributed by atoms with Gasteiger partial charge in [-0.1, -0.05) is 6.92 Å². The van der Waals surface area contributed by atoms with E-state index in [1.54, 1.807) is 23.9 Å². The van der Waals surface area contributed by atoms with Gasteiger partial charge in [-0.25, -0.2) is 13.1 Å². The molecule has 0 saturated heterocycles. The van der Waals surface area contributed by atoms with Gasteiger partial charge in [0.25, 0.3) is 0 Å². The zero-order chi connectivity index (χ0) is 12.9. The number of nitrogens with one attached hydrogen (secondary N) is 1. The lowest BCUT2D eigenvalue weighted by Gasteiger charge is -2.11. The summed E-state index contributed by atoms with van der Waals surface area (Å²) >= 11 is 1.71. The fraction of sp³-hybridized carbons (Fsp3) is 0.455. The average molecular weight is 274 g/mol. The monoisotopic (exact) mass is 274 g/mol. The van der Waals surface area contributed by atoms with Crippen LogP contribution in [0.15, 0.2) is 29.2 Å². The molecule has 1 aromatic carbocycles. The van der Waals surface area contributed by atoms with E-state index in [1.165, 1.54) is 12.1 Å². The second kappa shape index (κ2) is 6.28. The summed E-state index contributed by atoms with van der Waals surface area (Å²) in [5.41, 5.74) is 6.07.